The number of anilines is 1. The maximum Gasteiger partial charge on any atom is 0.242 e. The summed E-state index contributed by atoms with van der Waals surface area (Å²) in [5.74, 6) is 0.807. The number of carbonyl (C=O) groups excluding carboxylic acids is 1. The van der Waals surface area contributed by atoms with Crippen LogP contribution in [0, 0.1) is 13.8 Å². The molecule has 1 heterocycles. The number of amides is 1. The average molecular weight is 325 g/mol. The van der Waals surface area contributed by atoms with E-state index in [1.54, 1.807) is 7.11 Å². The molecule has 1 aliphatic rings. The maximum absolute atomic E-state index is 12.5. The predicted molar refractivity (Wildman–Crippen MR) is 95.0 cm³/mol. The van der Waals surface area contributed by atoms with E-state index in [0.717, 1.165) is 22.6 Å². The Balaban J connectivity index is 1.64. The lowest BCUT2D eigenvalue weighted by Crippen LogP contribution is -2.39. The van der Waals surface area contributed by atoms with Crippen LogP contribution in [0.5, 0.6) is 5.75 Å². The summed E-state index contributed by atoms with van der Waals surface area (Å²) in [6.07, 6.45) is 0.697. The first-order valence-electron chi connectivity index (χ1n) is 8.10. The molecule has 2 aromatic carbocycles. The summed E-state index contributed by atoms with van der Waals surface area (Å²) in [4.78, 5) is 12.5. The van der Waals surface area contributed by atoms with Crippen LogP contribution in [-0.4, -0.2) is 19.1 Å². The van der Waals surface area contributed by atoms with Crippen molar-refractivity contribution in [2.24, 2.45) is 0 Å². The highest BCUT2D eigenvalue weighted by molar-refractivity contribution is 5.95. The molecule has 2 aromatic rings. The highest BCUT2D eigenvalue weighted by Gasteiger charge is 2.30. The third kappa shape index (κ3) is 3.42. The van der Waals surface area contributed by atoms with E-state index in [1.807, 2.05) is 56.3 Å². The van der Waals surface area contributed by atoms with Crippen molar-refractivity contribution in [1.82, 2.24) is 10.9 Å². The highest BCUT2D eigenvalue weighted by atomic mass is 16.5. The molecule has 3 rings (SSSR count). The molecule has 0 spiro atoms. The topological polar surface area (TPSA) is 62.4 Å². The Morgan fingerprint density at radius 2 is 1.88 bits per heavy atom. The third-order valence-electron chi connectivity index (χ3n) is 4.60. The molecule has 1 fully saturated rings. The predicted octanol–water partition coefficient (Wildman–Crippen LogP) is 2.86. The molecular formula is C19H23N3O2. The van der Waals surface area contributed by atoms with Gasteiger partial charge >= 0.3 is 0 Å². The van der Waals surface area contributed by atoms with Gasteiger partial charge in [0.15, 0.2) is 0 Å². The van der Waals surface area contributed by atoms with Crippen molar-refractivity contribution in [3.05, 3.63) is 59.2 Å². The number of nitrogens with one attached hydrogen (secondary N) is 3. The van der Waals surface area contributed by atoms with Crippen LogP contribution in [0.25, 0.3) is 0 Å². The molecule has 1 saturated heterocycles. The quantitative estimate of drug-likeness (QED) is 0.809. The van der Waals surface area contributed by atoms with E-state index in [9.17, 15) is 4.79 Å². The Morgan fingerprint density at radius 3 is 2.58 bits per heavy atom. The number of benzene rings is 2. The highest BCUT2D eigenvalue weighted by Crippen LogP contribution is 2.25. The summed E-state index contributed by atoms with van der Waals surface area (Å²) in [7, 11) is 1.65. The minimum atomic E-state index is -0.267. The van der Waals surface area contributed by atoms with Crippen LogP contribution in [0.3, 0.4) is 0 Å². The van der Waals surface area contributed by atoms with E-state index in [2.05, 4.69) is 16.2 Å². The minimum Gasteiger partial charge on any atom is -0.497 e. The number of hydrazine groups is 1. The largest absolute Gasteiger partial charge is 0.497 e. The van der Waals surface area contributed by atoms with Gasteiger partial charge in [0, 0.05) is 11.7 Å². The zero-order chi connectivity index (χ0) is 17.1. The van der Waals surface area contributed by atoms with Crippen LogP contribution in [0.4, 0.5) is 5.69 Å². The van der Waals surface area contributed by atoms with Gasteiger partial charge in [0.1, 0.15) is 11.8 Å². The molecule has 1 amide bonds. The summed E-state index contributed by atoms with van der Waals surface area (Å²) in [6.45, 7) is 4.06. The Hall–Kier alpha value is -2.37. The molecule has 24 heavy (non-hydrogen) atoms. The Labute approximate surface area is 142 Å². The number of rotatable bonds is 4. The summed E-state index contributed by atoms with van der Waals surface area (Å²) >= 11 is 0. The molecule has 2 atom stereocenters. The van der Waals surface area contributed by atoms with Gasteiger partial charge in [-0.15, -0.1) is 0 Å². The second-order valence-corrected chi connectivity index (χ2v) is 6.14. The van der Waals surface area contributed by atoms with Crippen molar-refractivity contribution in [3.8, 4) is 5.75 Å². The van der Waals surface area contributed by atoms with E-state index in [0.29, 0.717) is 6.42 Å². The van der Waals surface area contributed by atoms with Crippen LogP contribution in [0.1, 0.15) is 29.2 Å². The standard InChI is InChI=1S/C19H23N3O2/c1-12-5-4-6-16(13(12)2)20-19(23)18-11-17(21-22-18)14-7-9-15(24-3)10-8-14/h4-10,17-18,21-22H,11H2,1-3H3,(H,20,23). The van der Waals surface area contributed by atoms with Gasteiger partial charge in [-0.1, -0.05) is 24.3 Å². The third-order valence-corrected chi connectivity index (χ3v) is 4.60. The van der Waals surface area contributed by atoms with Gasteiger partial charge in [0.25, 0.3) is 0 Å². The Bertz CT molecular complexity index is 728. The van der Waals surface area contributed by atoms with Crippen LogP contribution in [0.2, 0.25) is 0 Å². The van der Waals surface area contributed by atoms with Crippen LogP contribution in [-0.2, 0) is 4.79 Å². The van der Waals surface area contributed by atoms with Gasteiger partial charge in [-0.2, -0.15) is 0 Å². The van der Waals surface area contributed by atoms with E-state index in [-0.39, 0.29) is 18.0 Å². The number of aryl methyl sites for hydroxylation is 1. The summed E-state index contributed by atoms with van der Waals surface area (Å²) in [5.41, 5.74) is 10.6. The number of hydrogen-bond acceptors (Lipinski definition) is 4. The fraction of sp³-hybridized carbons (Fsp3) is 0.316. The first kappa shape index (κ1) is 16.5. The molecule has 126 valence electrons. The van der Waals surface area contributed by atoms with Crippen molar-refractivity contribution in [3.63, 3.8) is 0 Å². The fourth-order valence-corrected chi connectivity index (χ4v) is 2.89. The van der Waals surface area contributed by atoms with Crippen molar-refractivity contribution >= 4 is 11.6 Å². The van der Waals surface area contributed by atoms with E-state index in [1.165, 1.54) is 5.56 Å². The van der Waals surface area contributed by atoms with Crippen LogP contribution >= 0.6 is 0 Å². The molecule has 1 aliphatic heterocycles. The first-order chi connectivity index (χ1) is 11.6. The lowest BCUT2D eigenvalue weighted by Gasteiger charge is -2.13. The van der Waals surface area contributed by atoms with Crippen molar-refractivity contribution < 1.29 is 9.53 Å². The van der Waals surface area contributed by atoms with Crippen LogP contribution < -0.4 is 20.9 Å². The molecule has 3 N–H and O–H groups in total. The maximum atomic E-state index is 12.5. The number of carbonyl (C=O) groups is 1. The molecule has 0 bridgehead atoms. The van der Waals surface area contributed by atoms with Crippen molar-refractivity contribution in [2.75, 3.05) is 12.4 Å². The first-order valence-corrected chi connectivity index (χ1v) is 8.10. The molecule has 0 saturated carbocycles. The molecule has 0 aliphatic carbocycles. The Kier molecular flexibility index (Phi) is 4.83. The molecule has 0 radical (unpaired) electrons. The van der Waals surface area contributed by atoms with E-state index in [4.69, 9.17) is 4.74 Å². The van der Waals surface area contributed by atoms with Crippen LogP contribution in [0.15, 0.2) is 42.5 Å². The van der Waals surface area contributed by atoms with Gasteiger partial charge in [0.05, 0.1) is 7.11 Å². The van der Waals surface area contributed by atoms with E-state index < -0.39 is 0 Å². The summed E-state index contributed by atoms with van der Waals surface area (Å²) < 4.78 is 5.18. The summed E-state index contributed by atoms with van der Waals surface area (Å²) in [5, 5.41) is 3.02. The second-order valence-electron chi connectivity index (χ2n) is 6.14. The molecule has 0 aromatic heterocycles. The molecule has 5 heteroatoms. The normalized spacial score (nSPS) is 20.0. The minimum absolute atomic E-state index is 0.0211. The second kappa shape index (κ2) is 7.03. The van der Waals surface area contributed by atoms with E-state index >= 15 is 0 Å². The number of ether oxygens (including phenoxy) is 1. The number of hydrogen-bond donors (Lipinski definition) is 3. The molecule has 5 nitrogen and oxygen atoms in total. The lowest BCUT2D eigenvalue weighted by molar-refractivity contribution is -0.117. The Morgan fingerprint density at radius 1 is 1.12 bits per heavy atom. The smallest absolute Gasteiger partial charge is 0.242 e. The monoisotopic (exact) mass is 325 g/mol. The van der Waals surface area contributed by atoms with Gasteiger partial charge in [0.2, 0.25) is 5.91 Å². The van der Waals surface area contributed by atoms with Crippen molar-refractivity contribution in [1.29, 1.82) is 0 Å². The molecular weight excluding hydrogens is 302 g/mol. The van der Waals surface area contributed by atoms with Gasteiger partial charge in [-0.3, -0.25) is 4.79 Å². The summed E-state index contributed by atoms with van der Waals surface area (Å²) in [6, 6.07) is 13.7. The number of methoxy groups -OCH3 is 1. The zero-order valence-electron chi connectivity index (χ0n) is 14.2. The van der Waals surface area contributed by atoms with Crippen molar-refractivity contribution in [2.45, 2.75) is 32.4 Å². The fourth-order valence-electron chi connectivity index (χ4n) is 2.89. The van der Waals surface area contributed by atoms with Gasteiger partial charge in [-0.25, -0.2) is 10.9 Å². The SMILES string of the molecule is COc1ccc(C2CC(C(=O)Nc3cccc(C)c3C)NN2)cc1. The lowest BCUT2D eigenvalue weighted by atomic mass is 10.0. The zero-order valence-corrected chi connectivity index (χ0v) is 14.2. The van der Waals surface area contributed by atoms with Gasteiger partial charge in [-0.05, 0) is 55.2 Å². The molecule has 2 unspecified atom stereocenters. The average Bonchev–Trinajstić information content (AvgIpc) is 3.09. The van der Waals surface area contributed by atoms with Gasteiger partial charge < -0.3 is 10.1 Å².